The molecule has 1 aromatic heterocycles. The van der Waals surface area contributed by atoms with Gasteiger partial charge in [-0.3, -0.25) is 4.79 Å². The van der Waals surface area contributed by atoms with Gasteiger partial charge in [0.15, 0.2) is 10.9 Å². The number of ketones is 1. The minimum Gasteiger partial charge on any atom is -0.362 e. The van der Waals surface area contributed by atoms with Crippen LogP contribution in [0.3, 0.4) is 0 Å². The van der Waals surface area contributed by atoms with Crippen LogP contribution in [-0.4, -0.2) is 42.9 Å². The van der Waals surface area contributed by atoms with Crippen LogP contribution < -0.4 is 5.32 Å². The summed E-state index contributed by atoms with van der Waals surface area (Å²) in [5.74, 6) is 0.193. The number of carbonyl (C=O) groups excluding carboxylic acids is 1. The van der Waals surface area contributed by atoms with Crippen LogP contribution >= 0.6 is 36.2 Å². The number of halogens is 2. The van der Waals surface area contributed by atoms with E-state index < -0.39 is 0 Å². The highest BCUT2D eigenvalue weighted by Crippen LogP contribution is 2.23. The maximum Gasteiger partial charge on any atom is 0.183 e. The number of rotatable bonds is 7. The molecule has 7 heteroatoms. The van der Waals surface area contributed by atoms with Gasteiger partial charge in [0.05, 0.1) is 10.6 Å². The summed E-state index contributed by atoms with van der Waals surface area (Å²) in [5.41, 5.74) is 0.845. The molecule has 112 valence electrons. The molecule has 19 heavy (non-hydrogen) atoms. The first-order valence-corrected chi connectivity index (χ1v) is 6.75. The quantitative estimate of drug-likeness (QED) is 0.781. The molecule has 1 heterocycles. The predicted molar refractivity (Wildman–Crippen MR) is 87.6 cm³/mol. The molecule has 0 saturated heterocycles. The van der Waals surface area contributed by atoms with Crippen LogP contribution in [0.4, 0.5) is 5.13 Å². The number of thiazole rings is 1. The fourth-order valence-corrected chi connectivity index (χ4v) is 2.36. The van der Waals surface area contributed by atoms with Crippen LogP contribution in [0.1, 0.15) is 35.1 Å². The number of nitrogens with zero attached hydrogens (tertiary/aromatic N) is 2. The molecule has 0 unspecified atom stereocenters. The molecule has 0 bridgehead atoms. The SMILES string of the molecule is CCCNc1nc(C)c(C(=O)CCN(C)C)s1.Cl.Cl. The van der Waals surface area contributed by atoms with Gasteiger partial charge in [0.1, 0.15) is 0 Å². The molecule has 0 radical (unpaired) electrons. The smallest absolute Gasteiger partial charge is 0.183 e. The molecule has 0 aliphatic rings. The van der Waals surface area contributed by atoms with E-state index in [1.807, 2.05) is 25.9 Å². The third-order valence-electron chi connectivity index (χ3n) is 2.36. The van der Waals surface area contributed by atoms with Crippen LogP contribution in [0.15, 0.2) is 0 Å². The van der Waals surface area contributed by atoms with Crippen LogP contribution in [-0.2, 0) is 0 Å². The third-order valence-corrected chi connectivity index (χ3v) is 3.52. The molecular formula is C12H23Cl2N3OS. The fourth-order valence-electron chi connectivity index (χ4n) is 1.40. The van der Waals surface area contributed by atoms with Crippen molar-refractivity contribution in [3.63, 3.8) is 0 Å². The lowest BCUT2D eigenvalue weighted by atomic mass is 10.2. The number of nitrogens with one attached hydrogen (secondary N) is 1. The summed E-state index contributed by atoms with van der Waals surface area (Å²) < 4.78 is 0. The van der Waals surface area contributed by atoms with E-state index in [9.17, 15) is 4.79 Å². The predicted octanol–water partition coefficient (Wildman–Crippen LogP) is 3.25. The van der Waals surface area contributed by atoms with Crippen LogP contribution in [0.25, 0.3) is 0 Å². The number of hydrogen-bond donors (Lipinski definition) is 1. The molecule has 1 N–H and O–H groups in total. The molecule has 4 nitrogen and oxygen atoms in total. The monoisotopic (exact) mass is 327 g/mol. The second-order valence-corrected chi connectivity index (χ2v) is 5.34. The lowest BCUT2D eigenvalue weighted by Crippen LogP contribution is -2.16. The summed E-state index contributed by atoms with van der Waals surface area (Å²) in [4.78, 5) is 19.2. The van der Waals surface area contributed by atoms with E-state index in [4.69, 9.17) is 0 Å². The van der Waals surface area contributed by atoms with Gasteiger partial charge in [0, 0.05) is 19.5 Å². The number of carbonyl (C=O) groups is 1. The Bertz CT molecular complexity index is 383. The second-order valence-electron chi connectivity index (χ2n) is 4.34. The Balaban J connectivity index is 0. The van der Waals surface area contributed by atoms with Crippen molar-refractivity contribution in [2.75, 3.05) is 32.5 Å². The molecule has 0 amide bonds. The lowest BCUT2D eigenvalue weighted by molar-refractivity contribution is 0.0975. The number of anilines is 1. The minimum atomic E-state index is 0. The van der Waals surface area contributed by atoms with Crippen LogP contribution in [0.5, 0.6) is 0 Å². The molecule has 0 spiro atoms. The summed E-state index contributed by atoms with van der Waals surface area (Å²) >= 11 is 1.47. The lowest BCUT2D eigenvalue weighted by Gasteiger charge is -2.07. The van der Waals surface area contributed by atoms with Gasteiger partial charge in [-0.1, -0.05) is 18.3 Å². The van der Waals surface area contributed by atoms with E-state index in [1.54, 1.807) is 0 Å². The topological polar surface area (TPSA) is 45.2 Å². The van der Waals surface area contributed by atoms with Gasteiger partial charge in [-0.05, 0) is 27.4 Å². The van der Waals surface area contributed by atoms with Crippen LogP contribution in [0.2, 0.25) is 0 Å². The Kier molecular flexibility index (Phi) is 11.5. The summed E-state index contributed by atoms with van der Waals surface area (Å²) in [6, 6.07) is 0. The molecule has 0 aliphatic carbocycles. The number of Topliss-reactive ketones (excluding diaryl/α,β-unsaturated/α-hetero) is 1. The molecule has 0 atom stereocenters. The average molecular weight is 328 g/mol. The number of aromatic nitrogens is 1. The second kappa shape index (κ2) is 10.4. The summed E-state index contributed by atoms with van der Waals surface area (Å²) in [6.07, 6.45) is 1.62. The number of aryl methyl sites for hydroxylation is 1. The van der Waals surface area contributed by atoms with E-state index in [1.165, 1.54) is 11.3 Å². The minimum absolute atomic E-state index is 0. The largest absolute Gasteiger partial charge is 0.362 e. The fraction of sp³-hybridized carbons (Fsp3) is 0.667. The zero-order chi connectivity index (χ0) is 12.8. The van der Waals surface area contributed by atoms with Crippen molar-refractivity contribution in [3.8, 4) is 0 Å². The number of hydrogen-bond acceptors (Lipinski definition) is 5. The van der Waals surface area contributed by atoms with Crippen molar-refractivity contribution < 1.29 is 4.79 Å². The van der Waals surface area contributed by atoms with Gasteiger partial charge < -0.3 is 10.2 Å². The molecule has 0 aliphatic heterocycles. The van der Waals surface area contributed by atoms with E-state index in [2.05, 4.69) is 17.2 Å². The van der Waals surface area contributed by atoms with Crippen molar-refractivity contribution >= 4 is 47.1 Å². The van der Waals surface area contributed by atoms with Crippen molar-refractivity contribution in [2.24, 2.45) is 0 Å². The summed E-state index contributed by atoms with van der Waals surface area (Å²) in [7, 11) is 3.95. The highest BCUT2D eigenvalue weighted by molar-refractivity contribution is 7.17. The molecule has 0 saturated carbocycles. The Labute approximate surface area is 131 Å². The maximum atomic E-state index is 12.0. The Morgan fingerprint density at radius 3 is 2.53 bits per heavy atom. The van der Waals surface area contributed by atoms with Gasteiger partial charge in [-0.25, -0.2) is 4.98 Å². The van der Waals surface area contributed by atoms with E-state index in [0.717, 1.165) is 35.2 Å². The van der Waals surface area contributed by atoms with Crippen molar-refractivity contribution in [2.45, 2.75) is 26.7 Å². The van der Waals surface area contributed by atoms with Gasteiger partial charge in [-0.2, -0.15) is 0 Å². The van der Waals surface area contributed by atoms with Crippen LogP contribution in [0, 0.1) is 6.92 Å². The first kappa shape index (κ1) is 20.9. The highest BCUT2D eigenvalue weighted by atomic mass is 35.5. The van der Waals surface area contributed by atoms with E-state index in [-0.39, 0.29) is 30.6 Å². The molecule has 0 aromatic carbocycles. The summed E-state index contributed by atoms with van der Waals surface area (Å²) in [6.45, 7) is 5.69. The van der Waals surface area contributed by atoms with Crippen molar-refractivity contribution in [1.82, 2.24) is 9.88 Å². The van der Waals surface area contributed by atoms with Gasteiger partial charge in [0.25, 0.3) is 0 Å². The third kappa shape index (κ3) is 7.11. The normalized spacial score (nSPS) is 9.74. The average Bonchev–Trinajstić information content (AvgIpc) is 2.64. The zero-order valence-corrected chi connectivity index (χ0v) is 14.3. The molecule has 1 aromatic rings. The summed E-state index contributed by atoms with van der Waals surface area (Å²) in [5, 5.41) is 4.08. The maximum absolute atomic E-state index is 12.0. The first-order chi connectivity index (χ1) is 8.04. The van der Waals surface area contributed by atoms with E-state index in [0.29, 0.717) is 6.42 Å². The highest BCUT2D eigenvalue weighted by Gasteiger charge is 2.14. The first-order valence-electron chi connectivity index (χ1n) is 5.93. The van der Waals surface area contributed by atoms with Gasteiger partial charge in [0.2, 0.25) is 0 Å². The Hall–Kier alpha value is -0.360. The molecule has 0 fully saturated rings. The van der Waals surface area contributed by atoms with Crippen molar-refractivity contribution in [3.05, 3.63) is 10.6 Å². The zero-order valence-electron chi connectivity index (χ0n) is 11.9. The van der Waals surface area contributed by atoms with Crippen molar-refractivity contribution in [1.29, 1.82) is 0 Å². The molecular weight excluding hydrogens is 305 g/mol. The standard InChI is InChI=1S/C12H21N3OS.2ClH/c1-5-7-13-12-14-9(2)11(17-12)10(16)6-8-15(3)4;;/h5-8H2,1-4H3,(H,13,14);2*1H. The molecule has 1 rings (SSSR count). The Morgan fingerprint density at radius 1 is 1.37 bits per heavy atom. The Morgan fingerprint density at radius 2 is 2.00 bits per heavy atom. The van der Waals surface area contributed by atoms with Gasteiger partial charge >= 0.3 is 0 Å². The van der Waals surface area contributed by atoms with Gasteiger partial charge in [-0.15, -0.1) is 24.8 Å². The van der Waals surface area contributed by atoms with E-state index >= 15 is 0 Å².